The van der Waals surface area contributed by atoms with Gasteiger partial charge in [-0.3, -0.25) is 0 Å². The number of hydrogen-bond acceptors (Lipinski definition) is 3. The number of carbonyl (C=O) groups is 1. The Bertz CT molecular complexity index is 463. The second-order valence-electron chi connectivity index (χ2n) is 3.99. The molecule has 0 saturated carbocycles. The molecule has 0 saturated heterocycles. The molecule has 1 unspecified atom stereocenters. The van der Waals surface area contributed by atoms with Gasteiger partial charge in [0.25, 0.3) is 0 Å². The lowest BCUT2D eigenvalue weighted by Gasteiger charge is -2.14. The van der Waals surface area contributed by atoms with Crippen LogP contribution < -0.4 is 5.32 Å². The molecule has 0 aromatic heterocycles. The van der Waals surface area contributed by atoms with Crippen LogP contribution in [0.15, 0.2) is 18.2 Å². The van der Waals surface area contributed by atoms with Crippen molar-refractivity contribution in [1.82, 2.24) is 0 Å². The van der Waals surface area contributed by atoms with Crippen LogP contribution in [0.5, 0.6) is 0 Å². The van der Waals surface area contributed by atoms with Crippen molar-refractivity contribution in [3.63, 3.8) is 0 Å². The third-order valence-electron chi connectivity index (χ3n) is 2.55. The first kappa shape index (κ1) is 15.7. The predicted octanol–water partition coefficient (Wildman–Crippen LogP) is 3.57. The Morgan fingerprint density at radius 3 is 2.58 bits per heavy atom. The van der Waals surface area contributed by atoms with Crippen LogP contribution in [-0.2, 0) is 6.18 Å². The summed E-state index contributed by atoms with van der Waals surface area (Å²) in [4.78, 5) is 10.9. The van der Waals surface area contributed by atoms with Crippen molar-refractivity contribution in [2.24, 2.45) is 0 Å². The fraction of sp³-hybridized carbons (Fsp3) is 0.417. The lowest BCUT2D eigenvalue weighted by atomic mass is 10.1. The minimum Gasteiger partial charge on any atom is -0.478 e. The average Bonchev–Trinajstić information content (AvgIpc) is 2.34. The third kappa shape index (κ3) is 4.34. The van der Waals surface area contributed by atoms with Crippen LogP contribution in [0.4, 0.5) is 18.9 Å². The third-order valence-corrected chi connectivity index (χ3v) is 3.52. The molecule has 0 aliphatic carbocycles. The molecule has 2 N–H and O–H groups in total. The summed E-state index contributed by atoms with van der Waals surface area (Å²) in [7, 11) is 0. The number of aromatic carboxylic acids is 1. The monoisotopic (exact) mass is 293 g/mol. The number of benzene rings is 1. The summed E-state index contributed by atoms with van der Waals surface area (Å²) in [5, 5.41) is 12.0. The van der Waals surface area contributed by atoms with Crippen LogP contribution in [0.1, 0.15) is 22.8 Å². The molecule has 7 heteroatoms. The first-order valence-electron chi connectivity index (χ1n) is 5.47. The van der Waals surface area contributed by atoms with E-state index in [0.29, 0.717) is 12.2 Å². The molecule has 0 heterocycles. The first-order chi connectivity index (χ1) is 8.75. The number of alkyl halides is 3. The fourth-order valence-corrected chi connectivity index (χ4v) is 1.67. The van der Waals surface area contributed by atoms with Crippen molar-refractivity contribution in [3.8, 4) is 0 Å². The summed E-state index contributed by atoms with van der Waals surface area (Å²) in [5.74, 6) is -1.59. The van der Waals surface area contributed by atoms with Crippen molar-refractivity contribution >= 4 is 23.4 Å². The molecule has 0 amide bonds. The molecule has 0 fully saturated rings. The smallest absolute Gasteiger partial charge is 0.417 e. The lowest BCUT2D eigenvalue weighted by Crippen LogP contribution is -2.16. The van der Waals surface area contributed by atoms with E-state index in [1.807, 2.05) is 13.2 Å². The summed E-state index contributed by atoms with van der Waals surface area (Å²) in [6.45, 7) is 2.51. The highest BCUT2D eigenvalue weighted by Gasteiger charge is 2.35. The van der Waals surface area contributed by atoms with Gasteiger partial charge < -0.3 is 10.4 Å². The van der Waals surface area contributed by atoms with Gasteiger partial charge in [-0.25, -0.2) is 4.79 Å². The van der Waals surface area contributed by atoms with Gasteiger partial charge in [-0.1, -0.05) is 6.92 Å². The second kappa shape index (κ2) is 6.18. The molecule has 0 radical (unpaired) electrons. The Hall–Kier alpha value is -1.37. The molecule has 3 nitrogen and oxygen atoms in total. The summed E-state index contributed by atoms with van der Waals surface area (Å²) >= 11 is 1.60. The van der Waals surface area contributed by atoms with Gasteiger partial charge in [0, 0.05) is 17.5 Å². The molecule has 0 aliphatic heterocycles. The normalized spacial score (nSPS) is 13.1. The molecule has 106 valence electrons. The molecular weight excluding hydrogens is 279 g/mol. The van der Waals surface area contributed by atoms with Crippen LogP contribution in [0.3, 0.4) is 0 Å². The molecular formula is C12H14F3NO2S. The van der Waals surface area contributed by atoms with Crippen molar-refractivity contribution in [2.75, 3.05) is 18.1 Å². The molecule has 1 aromatic rings. The van der Waals surface area contributed by atoms with Crippen LogP contribution in [0.25, 0.3) is 0 Å². The standard InChI is InChI=1S/C12H14F3NO2S/c1-7(19-2)6-16-8-3-4-10(12(13,14)15)9(5-8)11(17)18/h3-5,7,16H,6H2,1-2H3,(H,17,18). The van der Waals surface area contributed by atoms with Gasteiger partial charge in [0.05, 0.1) is 11.1 Å². The quantitative estimate of drug-likeness (QED) is 0.871. The van der Waals surface area contributed by atoms with Crippen LogP contribution in [0, 0.1) is 0 Å². The Kier molecular flexibility index (Phi) is 5.11. The highest BCUT2D eigenvalue weighted by atomic mass is 32.2. The van der Waals surface area contributed by atoms with Crippen LogP contribution in [-0.4, -0.2) is 29.1 Å². The van der Waals surface area contributed by atoms with E-state index in [0.717, 1.165) is 12.1 Å². The molecule has 1 atom stereocenters. The van der Waals surface area contributed by atoms with Crippen molar-refractivity contribution in [1.29, 1.82) is 0 Å². The van der Waals surface area contributed by atoms with Gasteiger partial charge in [0.2, 0.25) is 0 Å². The maximum absolute atomic E-state index is 12.6. The van der Waals surface area contributed by atoms with Gasteiger partial charge in [-0.05, 0) is 24.5 Å². The van der Waals surface area contributed by atoms with E-state index in [-0.39, 0.29) is 5.25 Å². The molecule has 0 spiro atoms. The Labute approximate surface area is 113 Å². The Morgan fingerprint density at radius 2 is 2.11 bits per heavy atom. The van der Waals surface area contributed by atoms with Crippen LogP contribution >= 0.6 is 11.8 Å². The summed E-state index contributed by atoms with van der Waals surface area (Å²) in [5.41, 5.74) is -1.51. The molecule has 1 rings (SSSR count). The zero-order valence-corrected chi connectivity index (χ0v) is 11.2. The molecule has 1 aromatic carbocycles. The number of thioether (sulfide) groups is 1. The number of nitrogens with one attached hydrogen (secondary N) is 1. The highest BCUT2D eigenvalue weighted by Crippen LogP contribution is 2.33. The largest absolute Gasteiger partial charge is 0.478 e. The number of hydrogen-bond donors (Lipinski definition) is 2. The van der Waals surface area contributed by atoms with Gasteiger partial charge >= 0.3 is 12.1 Å². The van der Waals surface area contributed by atoms with Crippen LogP contribution in [0.2, 0.25) is 0 Å². The second-order valence-corrected chi connectivity index (χ2v) is 5.27. The number of rotatable bonds is 5. The van der Waals surface area contributed by atoms with Crippen molar-refractivity contribution in [2.45, 2.75) is 18.3 Å². The van der Waals surface area contributed by atoms with Gasteiger partial charge in [0.15, 0.2) is 0 Å². The lowest BCUT2D eigenvalue weighted by molar-refractivity contribution is -0.138. The summed E-state index contributed by atoms with van der Waals surface area (Å²) in [6, 6.07) is 3.04. The maximum Gasteiger partial charge on any atom is 0.417 e. The zero-order chi connectivity index (χ0) is 14.6. The predicted molar refractivity (Wildman–Crippen MR) is 69.9 cm³/mol. The summed E-state index contributed by atoms with van der Waals surface area (Å²) < 4.78 is 37.9. The minimum absolute atomic E-state index is 0.274. The Morgan fingerprint density at radius 1 is 1.47 bits per heavy atom. The molecule has 0 bridgehead atoms. The summed E-state index contributed by atoms with van der Waals surface area (Å²) in [6.07, 6.45) is -2.75. The SMILES string of the molecule is CSC(C)CNc1ccc(C(F)(F)F)c(C(=O)O)c1. The van der Waals surface area contributed by atoms with E-state index in [1.165, 1.54) is 6.07 Å². The van der Waals surface area contributed by atoms with E-state index < -0.39 is 23.3 Å². The van der Waals surface area contributed by atoms with E-state index >= 15 is 0 Å². The van der Waals surface area contributed by atoms with E-state index in [1.54, 1.807) is 11.8 Å². The van der Waals surface area contributed by atoms with Crippen molar-refractivity contribution < 1.29 is 23.1 Å². The minimum atomic E-state index is -4.67. The first-order valence-corrected chi connectivity index (χ1v) is 6.75. The van der Waals surface area contributed by atoms with E-state index in [4.69, 9.17) is 5.11 Å². The zero-order valence-electron chi connectivity index (χ0n) is 10.4. The van der Waals surface area contributed by atoms with Gasteiger partial charge in [0.1, 0.15) is 0 Å². The topological polar surface area (TPSA) is 49.3 Å². The number of halogens is 3. The highest BCUT2D eigenvalue weighted by molar-refractivity contribution is 7.99. The van der Waals surface area contributed by atoms with Gasteiger partial charge in [-0.15, -0.1) is 0 Å². The molecule has 0 aliphatic rings. The number of carboxylic acids is 1. The van der Waals surface area contributed by atoms with Crippen molar-refractivity contribution in [3.05, 3.63) is 29.3 Å². The van der Waals surface area contributed by atoms with E-state index in [2.05, 4.69) is 5.32 Å². The average molecular weight is 293 g/mol. The maximum atomic E-state index is 12.6. The fourth-order valence-electron chi connectivity index (χ4n) is 1.42. The Balaban J connectivity index is 3.00. The molecule has 19 heavy (non-hydrogen) atoms. The number of anilines is 1. The van der Waals surface area contributed by atoms with Gasteiger partial charge in [-0.2, -0.15) is 24.9 Å². The number of carboxylic acid groups (broad SMARTS) is 1. The van der Waals surface area contributed by atoms with E-state index in [9.17, 15) is 18.0 Å².